The van der Waals surface area contributed by atoms with E-state index in [2.05, 4.69) is 0 Å². The lowest BCUT2D eigenvalue weighted by atomic mass is 9.76. The normalized spacial score (nSPS) is 12.2. The molecule has 0 aliphatic rings. The van der Waals surface area contributed by atoms with Gasteiger partial charge in [-0.05, 0) is 22.8 Å². The lowest BCUT2D eigenvalue weighted by Gasteiger charge is -2.33. The monoisotopic (exact) mass is 327 g/mol. The van der Waals surface area contributed by atoms with Crippen molar-refractivity contribution in [1.82, 2.24) is 0 Å². The van der Waals surface area contributed by atoms with Gasteiger partial charge in [0.1, 0.15) is 0 Å². The lowest BCUT2D eigenvalue weighted by molar-refractivity contribution is -0.138. The molecule has 0 saturated heterocycles. The van der Waals surface area contributed by atoms with Crippen LogP contribution >= 0.6 is 0 Å². The van der Waals surface area contributed by atoms with Gasteiger partial charge in [-0.2, -0.15) is 13.2 Å². The first kappa shape index (κ1) is 16.3. The molecule has 0 bridgehead atoms. The molecule has 0 aliphatic carbocycles. The van der Waals surface area contributed by atoms with Gasteiger partial charge in [-0.3, -0.25) is 0 Å². The SMILES string of the molecule is NC(c1ccccc1)(c1ccccc1)c1ccccc1C(F)(F)F. The number of nitrogens with two attached hydrogens (primary N) is 1. The Kier molecular flexibility index (Phi) is 4.16. The summed E-state index contributed by atoms with van der Waals surface area (Å²) in [5, 5.41) is 0. The topological polar surface area (TPSA) is 26.0 Å². The van der Waals surface area contributed by atoms with Gasteiger partial charge < -0.3 is 5.73 Å². The van der Waals surface area contributed by atoms with E-state index in [1.807, 2.05) is 12.1 Å². The minimum atomic E-state index is -4.48. The average molecular weight is 327 g/mol. The predicted molar refractivity (Wildman–Crippen MR) is 88.4 cm³/mol. The van der Waals surface area contributed by atoms with E-state index < -0.39 is 17.3 Å². The van der Waals surface area contributed by atoms with Gasteiger partial charge in [0.05, 0.1) is 11.1 Å². The lowest BCUT2D eigenvalue weighted by Crippen LogP contribution is -2.41. The Morgan fingerprint density at radius 3 is 1.33 bits per heavy atom. The fourth-order valence-electron chi connectivity index (χ4n) is 2.95. The number of hydrogen-bond acceptors (Lipinski definition) is 1. The third-order valence-corrected chi connectivity index (χ3v) is 4.12. The van der Waals surface area contributed by atoms with Crippen LogP contribution in [0, 0.1) is 0 Å². The van der Waals surface area contributed by atoms with Crippen LogP contribution in [-0.2, 0) is 11.7 Å². The summed E-state index contributed by atoms with van der Waals surface area (Å²) in [6.07, 6.45) is -4.48. The molecule has 4 heteroatoms. The molecule has 0 radical (unpaired) electrons. The molecule has 122 valence electrons. The zero-order valence-corrected chi connectivity index (χ0v) is 12.8. The van der Waals surface area contributed by atoms with Gasteiger partial charge in [0.25, 0.3) is 0 Å². The summed E-state index contributed by atoms with van der Waals surface area (Å²) >= 11 is 0. The Balaban J connectivity index is 2.33. The molecule has 3 aromatic rings. The average Bonchev–Trinajstić information content (AvgIpc) is 2.62. The third-order valence-electron chi connectivity index (χ3n) is 4.12. The summed E-state index contributed by atoms with van der Waals surface area (Å²) < 4.78 is 40.7. The fourth-order valence-corrected chi connectivity index (χ4v) is 2.95. The van der Waals surface area contributed by atoms with Crippen LogP contribution < -0.4 is 5.73 Å². The Morgan fingerprint density at radius 1 is 0.542 bits per heavy atom. The van der Waals surface area contributed by atoms with Gasteiger partial charge in [-0.15, -0.1) is 0 Å². The van der Waals surface area contributed by atoms with Gasteiger partial charge in [0.15, 0.2) is 0 Å². The maximum Gasteiger partial charge on any atom is 0.416 e. The Bertz CT molecular complexity index is 772. The summed E-state index contributed by atoms with van der Waals surface area (Å²) in [7, 11) is 0. The largest absolute Gasteiger partial charge is 0.416 e. The second-order valence-corrected chi connectivity index (χ2v) is 5.58. The zero-order valence-electron chi connectivity index (χ0n) is 12.8. The van der Waals surface area contributed by atoms with Crippen molar-refractivity contribution in [1.29, 1.82) is 0 Å². The Labute approximate surface area is 138 Å². The summed E-state index contributed by atoms with van der Waals surface area (Å²) in [4.78, 5) is 0. The van der Waals surface area contributed by atoms with Crippen molar-refractivity contribution in [2.24, 2.45) is 5.73 Å². The first-order chi connectivity index (χ1) is 11.4. The quantitative estimate of drug-likeness (QED) is 0.676. The molecule has 24 heavy (non-hydrogen) atoms. The summed E-state index contributed by atoms with van der Waals surface area (Å²) in [5.41, 5.74) is 5.79. The fraction of sp³-hybridized carbons (Fsp3) is 0.100. The molecular formula is C20H16F3N. The first-order valence-electron chi connectivity index (χ1n) is 7.50. The highest BCUT2D eigenvalue weighted by Gasteiger charge is 2.41. The van der Waals surface area contributed by atoms with Crippen molar-refractivity contribution in [3.8, 4) is 0 Å². The summed E-state index contributed by atoms with van der Waals surface area (Å²) in [5.74, 6) is 0. The van der Waals surface area contributed by atoms with Crippen molar-refractivity contribution in [3.63, 3.8) is 0 Å². The van der Waals surface area contributed by atoms with Crippen LogP contribution in [0.25, 0.3) is 0 Å². The molecule has 0 amide bonds. The molecule has 2 N–H and O–H groups in total. The van der Waals surface area contributed by atoms with E-state index in [4.69, 9.17) is 5.73 Å². The second kappa shape index (κ2) is 6.13. The summed E-state index contributed by atoms with van der Waals surface area (Å²) in [6, 6.07) is 23.2. The van der Waals surface area contributed by atoms with Crippen molar-refractivity contribution >= 4 is 0 Å². The van der Waals surface area contributed by atoms with E-state index in [9.17, 15) is 13.2 Å². The van der Waals surface area contributed by atoms with Crippen LogP contribution in [0.5, 0.6) is 0 Å². The molecule has 0 atom stereocenters. The minimum absolute atomic E-state index is 0.0369. The molecule has 3 rings (SSSR count). The van der Waals surface area contributed by atoms with Crippen LogP contribution in [0.2, 0.25) is 0 Å². The Morgan fingerprint density at radius 2 is 0.917 bits per heavy atom. The van der Waals surface area contributed by atoms with Gasteiger partial charge in [-0.25, -0.2) is 0 Å². The number of rotatable bonds is 3. The van der Waals surface area contributed by atoms with Crippen LogP contribution in [0.1, 0.15) is 22.3 Å². The highest BCUT2D eigenvalue weighted by atomic mass is 19.4. The van der Waals surface area contributed by atoms with E-state index in [1.165, 1.54) is 12.1 Å². The van der Waals surface area contributed by atoms with Crippen molar-refractivity contribution in [3.05, 3.63) is 107 Å². The van der Waals surface area contributed by atoms with Gasteiger partial charge in [0.2, 0.25) is 0 Å². The number of alkyl halides is 3. The highest BCUT2D eigenvalue weighted by Crippen LogP contribution is 2.41. The van der Waals surface area contributed by atoms with Crippen molar-refractivity contribution < 1.29 is 13.2 Å². The van der Waals surface area contributed by atoms with E-state index in [1.54, 1.807) is 54.6 Å². The predicted octanol–water partition coefficient (Wildman–Crippen LogP) is 4.96. The van der Waals surface area contributed by atoms with E-state index >= 15 is 0 Å². The molecule has 0 spiro atoms. The van der Waals surface area contributed by atoms with E-state index in [0.717, 1.165) is 6.07 Å². The molecule has 3 aromatic carbocycles. The molecule has 0 unspecified atom stereocenters. The Hall–Kier alpha value is -2.59. The molecule has 0 aliphatic heterocycles. The van der Waals surface area contributed by atoms with Gasteiger partial charge in [0, 0.05) is 0 Å². The standard InChI is InChI=1S/C20H16F3N/c21-20(22,23)18-14-8-7-13-17(18)19(24,15-9-3-1-4-10-15)16-11-5-2-6-12-16/h1-14H,24H2. The van der Waals surface area contributed by atoms with Gasteiger partial charge in [-0.1, -0.05) is 78.9 Å². The third kappa shape index (κ3) is 2.81. The van der Waals surface area contributed by atoms with E-state index in [0.29, 0.717) is 11.1 Å². The molecule has 0 heterocycles. The van der Waals surface area contributed by atoms with Crippen LogP contribution in [-0.4, -0.2) is 0 Å². The maximum absolute atomic E-state index is 13.6. The van der Waals surface area contributed by atoms with Crippen LogP contribution in [0.3, 0.4) is 0 Å². The van der Waals surface area contributed by atoms with Crippen molar-refractivity contribution in [2.45, 2.75) is 11.7 Å². The van der Waals surface area contributed by atoms with Crippen LogP contribution in [0.15, 0.2) is 84.9 Å². The van der Waals surface area contributed by atoms with Crippen molar-refractivity contribution in [2.75, 3.05) is 0 Å². The zero-order chi connectivity index (χ0) is 17.2. The molecular weight excluding hydrogens is 311 g/mol. The van der Waals surface area contributed by atoms with Gasteiger partial charge >= 0.3 is 6.18 Å². The first-order valence-corrected chi connectivity index (χ1v) is 7.50. The second-order valence-electron chi connectivity index (χ2n) is 5.58. The van der Waals surface area contributed by atoms with Crippen LogP contribution in [0.4, 0.5) is 13.2 Å². The number of hydrogen-bond donors (Lipinski definition) is 1. The summed E-state index contributed by atoms with van der Waals surface area (Å²) in [6.45, 7) is 0. The molecule has 0 saturated carbocycles. The minimum Gasteiger partial charge on any atom is -0.314 e. The molecule has 1 nitrogen and oxygen atoms in total. The molecule has 0 fully saturated rings. The number of benzene rings is 3. The highest BCUT2D eigenvalue weighted by molar-refractivity contribution is 5.52. The maximum atomic E-state index is 13.6. The van der Waals surface area contributed by atoms with E-state index in [-0.39, 0.29) is 5.56 Å². The smallest absolute Gasteiger partial charge is 0.314 e. The number of halogens is 3. The molecule has 0 aromatic heterocycles.